The Labute approximate surface area is 121 Å². The Morgan fingerprint density at radius 3 is 2.45 bits per heavy atom. The Hall–Kier alpha value is -1.35. The van der Waals surface area contributed by atoms with E-state index in [1.165, 1.54) is 0 Å². The lowest BCUT2D eigenvalue weighted by Crippen LogP contribution is -2.35. The van der Waals surface area contributed by atoms with Crippen LogP contribution in [0.25, 0.3) is 0 Å². The van der Waals surface area contributed by atoms with Gasteiger partial charge in [-0.25, -0.2) is 0 Å². The van der Waals surface area contributed by atoms with E-state index >= 15 is 0 Å². The second kappa shape index (κ2) is 5.57. The predicted octanol–water partition coefficient (Wildman–Crippen LogP) is 3.55. The number of carboxylic acids is 1. The molecule has 3 nitrogen and oxygen atoms in total. The van der Waals surface area contributed by atoms with E-state index in [1.807, 2.05) is 38.1 Å². The van der Waals surface area contributed by atoms with Gasteiger partial charge in [-0.2, -0.15) is 0 Å². The van der Waals surface area contributed by atoms with E-state index in [4.69, 9.17) is 4.74 Å². The molecule has 2 rings (SSSR count). The highest BCUT2D eigenvalue weighted by molar-refractivity contribution is 5.82. The number of hydrogen-bond acceptors (Lipinski definition) is 2. The number of carboxylic acid groups (broad SMARTS) is 1. The Kier molecular flexibility index (Phi) is 4.19. The lowest BCUT2D eigenvalue weighted by Gasteiger charge is -2.30. The van der Waals surface area contributed by atoms with Crippen LogP contribution in [-0.4, -0.2) is 23.8 Å². The predicted molar refractivity (Wildman–Crippen MR) is 79.0 cm³/mol. The van der Waals surface area contributed by atoms with E-state index in [2.05, 4.69) is 0 Å². The monoisotopic (exact) mass is 276 g/mol. The molecular weight excluding hydrogens is 252 g/mol. The number of aliphatic carboxylic acids is 1. The Bertz CT molecular complexity index is 485. The highest BCUT2D eigenvalue weighted by atomic mass is 16.5. The zero-order valence-corrected chi connectivity index (χ0v) is 12.6. The molecule has 110 valence electrons. The maximum absolute atomic E-state index is 11.9. The van der Waals surface area contributed by atoms with Crippen molar-refractivity contribution in [3.05, 3.63) is 35.4 Å². The first-order chi connectivity index (χ1) is 9.41. The number of rotatable bonds is 5. The van der Waals surface area contributed by atoms with Crippen LogP contribution < -0.4 is 0 Å². The summed E-state index contributed by atoms with van der Waals surface area (Å²) in [6.07, 6.45) is 4.21. The molecule has 1 aliphatic rings. The third-order valence-electron chi connectivity index (χ3n) is 4.57. The summed E-state index contributed by atoms with van der Waals surface area (Å²) in [5.74, 6) is -0.683. The smallest absolute Gasteiger partial charge is 0.314 e. The molecule has 1 N–H and O–H groups in total. The molecule has 20 heavy (non-hydrogen) atoms. The number of carbonyl (C=O) groups is 1. The first-order valence-corrected chi connectivity index (χ1v) is 7.28. The van der Waals surface area contributed by atoms with Gasteiger partial charge in [0, 0.05) is 13.5 Å². The number of hydrogen-bond donors (Lipinski definition) is 1. The molecule has 1 aromatic carbocycles. The molecular formula is C17H24O3. The van der Waals surface area contributed by atoms with E-state index in [9.17, 15) is 9.90 Å². The van der Waals surface area contributed by atoms with Crippen molar-refractivity contribution in [3.63, 3.8) is 0 Å². The van der Waals surface area contributed by atoms with Gasteiger partial charge >= 0.3 is 5.97 Å². The maximum atomic E-state index is 11.9. The number of benzene rings is 1. The summed E-state index contributed by atoms with van der Waals surface area (Å²) in [6, 6.07) is 7.95. The average Bonchev–Trinajstić information content (AvgIpc) is 2.89. The van der Waals surface area contributed by atoms with Crippen LogP contribution >= 0.6 is 0 Å². The highest BCUT2D eigenvalue weighted by Gasteiger charge is 2.44. The van der Waals surface area contributed by atoms with Crippen LogP contribution in [0.1, 0.15) is 50.7 Å². The van der Waals surface area contributed by atoms with Crippen molar-refractivity contribution in [2.24, 2.45) is 0 Å². The summed E-state index contributed by atoms with van der Waals surface area (Å²) in [5, 5.41) is 9.77. The fourth-order valence-corrected chi connectivity index (χ4v) is 3.25. The van der Waals surface area contributed by atoms with E-state index in [1.54, 1.807) is 7.11 Å². The molecule has 0 spiro atoms. The van der Waals surface area contributed by atoms with Crippen molar-refractivity contribution in [1.82, 2.24) is 0 Å². The quantitative estimate of drug-likeness (QED) is 0.894. The van der Waals surface area contributed by atoms with Gasteiger partial charge in [0.2, 0.25) is 0 Å². The van der Waals surface area contributed by atoms with Gasteiger partial charge in [-0.1, -0.05) is 37.1 Å². The number of methoxy groups -OCH3 is 1. The lowest BCUT2D eigenvalue weighted by atomic mass is 9.75. The normalized spacial score (nSPS) is 18.1. The molecule has 0 heterocycles. The van der Waals surface area contributed by atoms with Gasteiger partial charge in [-0.15, -0.1) is 0 Å². The summed E-state index contributed by atoms with van der Waals surface area (Å²) in [6.45, 7) is 4.07. The molecule has 0 bridgehead atoms. The molecule has 0 aromatic heterocycles. The third-order valence-corrected chi connectivity index (χ3v) is 4.57. The summed E-state index contributed by atoms with van der Waals surface area (Å²) in [5.41, 5.74) is 1.10. The van der Waals surface area contributed by atoms with Crippen molar-refractivity contribution >= 4 is 5.97 Å². The molecule has 1 aliphatic carbocycles. The van der Waals surface area contributed by atoms with Crippen LogP contribution in [0.4, 0.5) is 0 Å². The van der Waals surface area contributed by atoms with Gasteiger partial charge in [0.15, 0.2) is 0 Å². The Balaban J connectivity index is 2.44. The fraction of sp³-hybridized carbons (Fsp3) is 0.588. The van der Waals surface area contributed by atoms with Gasteiger partial charge in [-0.3, -0.25) is 4.79 Å². The average molecular weight is 276 g/mol. The first-order valence-electron chi connectivity index (χ1n) is 7.28. The van der Waals surface area contributed by atoms with Gasteiger partial charge in [0.25, 0.3) is 0 Å². The molecule has 0 amide bonds. The minimum Gasteiger partial charge on any atom is -0.481 e. The number of ether oxygens (including phenoxy) is 1. The summed E-state index contributed by atoms with van der Waals surface area (Å²) >= 11 is 0. The zero-order chi connectivity index (χ0) is 14.8. The van der Waals surface area contributed by atoms with E-state index in [0.29, 0.717) is 0 Å². The van der Waals surface area contributed by atoms with Crippen LogP contribution in [0.5, 0.6) is 0 Å². The van der Waals surface area contributed by atoms with Crippen molar-refractivity contribution in [3.8, 4) is 0 Å². The lowest BCUT2D eigenvalue weighted by molar-refractivity contribution is -0.143. The molecule has 0 aliphatic heterocycles. The van der Waals surface area contributed by atoms with Crippen molar-refractivity contribution in [2.45, 2.75) is 57.0 Å². The zero-order valence-electron chi connectivity index (χ0n) is 12.6. The van der Waals surface area contributed by atoms with E-state index < -0.39 is 11.4 Å². The van der Waals surface area contributed by atoms with Gasteiger partial charge in [0.05, 0.1) is 11.0 Å². The van der Waals surface area contributed by atoms with Crippen molar-refractivity contribution in [1.29, 1.82) is 0 Å². The molecule has 0 saturated heterocycles. The molecule has 0 atom stereocenters. The van der Waals surface area contributed by atoms with Gasteiger partial charge < -0.3 is 9.84 Å². The third kappa shape index (κ3) is 2.73. The topological polar surface area (TPSA) is 46.5 Å². The van der Waals surface area contributed by atoms with Gasteiger partial charge in [0.1, 0.15) is 0 Å². The van der Waals surface area contributed by atoms with Crippen molar-refractivity contribution < 1.29 is 14.6 Å². The summed E-state index contributed by atoms with van der Waals surface area (Å²) < 4.78 is 5.51. The first kappa shape index (κ1) is 15.0. The molecule has 0 radical (unpaired) electrons. The molecule has 1 fully saturated rings. The Morgan fingerprint density at radius 1 is 1.30 bits per heavy atom. The largest absolute Gasteiger partial charge is 0.481 e. The fourth-order valence-electron chi connectivity index (χ4n) is 3.25. The van der Waals surface area contributed by atoms with Crippen LogP contribution in [0.15, 0.2) is 24.3 Å². The van der Waals surface area contributed by atoms with Crippen LogP contribution in [0, 0.1) is 0 Å². The SMILES string of the molecule is COC(C)(C)Cc1ccccc1C1(C(=O)O)CCCC1. The minimum absolute atomic E-state index is 0.283. The summed E-state index contributed by atoms with van der Waals surface area (Å²) in [7, 11) is 1.70. The second-order valence-electron chi connectivity index (χ2n) is 6.39. The molecule has 1 saturated carbocycles. The van der Waals surface area contributed by atoms with Crippen LogP contribution in [0.2, 0.25) is 0 Å². The maximum Gasteiger partial charge on any atom is 0.314 e. The minimum atomic E-state index is -0.694. The standard InChI is InChI=1S/C17H24O3/c1-16(2,20-3)12-13-8-4-5-9-14(13)17(15(18)19)10-6-7-11-17/h4-5,8-9H,6-7,10-12H2,1-3H3,(H,18,19). The van der Waals surface area contributed by atoms with Crippen LogP contribution in [-0.2, 0) is 21.4 Å². The summed E-state index contributed by atoms with van der Waals surface area (Å²) in [4.78, 5) is 11.9. The highest BCUT2D eigenvalue weighted by Crippen LogP contribution is 2.43. The van der Waals surface area contributed by atoms with Crippen molar-refractivity contribution in [2.75, 3.05) is 7.11 Å². The molecule has 3 heteroatoms. The molecule has 0 unspecified atom stereocenters. The van der Waals surface area contributed by atoms with Gasteiger partial charge in [-0.05, 0) is 37.8 Å². The second-order valence-corrected chi connectivity index (χ2v) is 6.39. The van der Waals surface area contributed by atoms with E-state index in [-0.39, 0.29) is 5.60 Å². The van der Waals surface area contributed by atoms with E-state index in [0.717, 1.165) is 43.2 Å². The Morgan fingerprint density at radius 2 is 1.90 bits per heavy atom. The molecule has 1 aromatic rings. The van der Waals surface area contributed by atoms with Crippen LogP contribution in [0.3, 0.4) is 0 Å².